The summed E-state index contributed by atoms with van der Waals surface area (Å²) in [6.45, 7) is 8.53. The number of esters is 1. The summed E-state index contributed by atoms with van der Waals surface area (Å²) in [5.41, 5.74) is 1.41. The number of anilines is 1. The van der Waals surface area contributed by atoms with E-state index in [9.17, 15) is 9.59 Å². The predicted octanol–water partition coefficient (Wildman–Crippen LogP) is 2.96. The van der Waals surface area contributed by atoms with Crippen LogP contribution in [0.4, 0.5) is 5.13 Å². The van der Waals surface area contributed by atoms with Crippen LogP contribution in [-0.4, -0.2) is 52.1 Å². The zero-order valence-electron chi connectivity index (χ0n) is 16.3. The molecule has 28 heavy (non-hydrogen) atoms. The third-order valence-corrected chi connectivity index (χ3v) is 6.27. The molecule has 8 nitrogen and oxygen atoms in total. The number of nitrogens with one attached hydrogen (secondary N) is 2. The third-order valence-electron chi connectivity index (χ3n) is 4.78. The lowest BCUT2D eigenvalue weighted by atomic mass is 9.94. The molecular weight excluding hydrogens is 402 g/mol. The summed E-state index contributed by atoms with van der Waals surface area (Å²) in [7, 11) is 0. The van der Waals surface area contributed by atoms with Crippen LogP contribution < -0.4 is 10.2 Å². The van der Waals surface area contributed by atoms with E-state index in [2.05, 4.69) is 32.1 Å². The zero-order valence-corrected chi connectivity index (χ0v) is 17.9. The van der Waals surface area contributed by atoms with Crippen LogP contribution in [0.2, 0.25) is 5.15 Å². The minimum Gasteiger partial charge on any atom is -0.462 e. The van der Waals surface area contributed by atoms with Crippen molar-refractivity contribution in [2.24, 2.45) is 0 Å². The maximum Gasteiger partial charge on any atom is 0.350 e. The number of aromatic nitrogens is 3. The minimum atomic E-state index is -0.344. The molecule has 1 aliphatic rings. The predicted molar refractivity (Wildman–Crippen MR) is 108 cm³/mol. The first-order valence-electron chi connectivity index (χ1n) is 9.35. The van der Waals surface area contributed by atoms with E-state index < -0.39 is 0 Å². The van der Waals surface area contributed by atoms with Gasteiger partial charge in [-0.15, -0.1) is 0 Å². The van der Waals surface area contributed by atoms with Crippen LogP contribution in [0.1, 0.15) is 58.9 Å². The average Bonchev–Trinajstić information content (AvgIpc) is 3.21. The minimum absolute atomic E-state index is 0.0262. The van der Waals surface area contributed by atoms with Crippen LogP contribution >= 0.6 is 22.9 Å². The van der Waals surface area contributed by atoms with Gasteiger partial charge >= 0.3 is 5.97 Å². The van der Waals surface area contributed by atoms with Gasteiger partial charge in [-0.05, 0) is 26.7 Å². The lowest BCUT2D eigenvalue weighted by molar-refractivity contribution is 0.0531. The van der Waals surface area contributed by atoms with Crippen molar-refractivity contribution in [3.63, 3.8) is 0 Å². The zero-order chi connectivity index (χ0) is 20.4. The number of rotatable bonds is 7. The first-order chi connectivity index (χ1) is 13.4. The molecule has 0 aliphatic carbocycles. The Morgan fingerprint density at radius 2 is 2.11 bits per heavy atom. The fourth-order valence-electron chi connectivity index (χ4n) is 3.27. The number of halogens is 1. The highest BCUT2D eigenvalue weighted by Gasteiger charge is 2.41. The Morgan fingerprint density at radius 1 is 1.36 bits per heavy atom. The summed E-state index contributed by atoms with van der Waals surface area (Å²) < 4.78 is 5.08. The smallest absolute Gasteiger partial charge is 0.350 e. The van der Waals surface area contributed by atoms with Crippen molar-refractivity contribution in [3.05, 3.63) is 27.2 Å². The second kappa shape index (κ2) is 8.48. The molecular formula is C18H24ClN5O3S. The van der Waals surface area contributed by atoms with Gasteiger partial charge in [0.2, 0.25) is 0 Å². The van der Waals surface area contributed by atoms with Crippen molar-refractivity contribution in [3.8, 4) is 0 Å². The van der Waals surface area contributed by atoms with Crippen molar-refractivity contribution < 1.29 is 14.3 Å². The van der Waals surface area contributed by atoms with Crippen LogP contribution in [0.25, 0.3) is 0 Å². The van der Waals surface area contributed by atoms with Crippen molar-refractivity contribution in [2.75, 3.05) is 18.1 Å². The molecule has 1 amide bonds. The number of hydrogen-bond donors (Lipinski definition) is 2. The molecule has 2 unspecified atom stereocenters. The van der Waals surface area contributed by atoms with E-state index in [-0.39, 0.29) is 29.8 Å². The van der Waals surface area contributed by atoms with Crippen molar-refractivity contribution in [1.29, 1.82) is 0 Å². The molecule has 1 fully saturated rings. The summed E-state index contributed by atoms with van der Waals surface area (Å²) in [5, 5.41) is 4.12. The van der Waals surface area contributed by atoms with Crippen LogP contribution in [0.3, 0.4) is 0 Å². The number of nitrogens with zero attached hydrogens (tertiary/aromatic N) is 3. The number of carbonyl (C=O) groups excluding carboxylic acids is 2. The molecule has 2 aromatic heterocycles. The fourth-order valence-corrected chi connectivity index (χ4v) is 4.57. The lowest BCUT2D eigenvalue weighted by Crippen LogP contribution is -2.66. The maximum absolute atomic E-state index is 12.5. The molecule has 3 heterocycles. The highest BCUT2D eigenvalue weighted by atomic mass is 35.5. The quantitative estimate of drug-likeness (QED) is 0.661. The first-order valence-corrected chi connectivity index (χ1v) is 10.5. The van der Waals surface area contributed by atoms with E-state index in [0.717, 1.165) is 17.2 Å². The molecule has 0 saturated carbocycles. The van der Waals surface area contributed by atoms with Gasteiger partial charge < -0.3 is 19.9 Å². The summed E-state index contributed by atoms with van der Waals surface area (Å²) in [6, 6.07) is 0.0716. The maximum atomic E-state index is 12.5. The molecule has 2 aromatic rings. The van der Waals surface area contributed by atoms with Gasteiger partial charge in [0.25, 0.3) is 5.91 Å². The monoisotopic (exact) mass is 425 g/mol. The van der Waals surface area contributed by atoms with Crippen LogP contribution in [0.5, 0.6) is 0 Å². The molecule has 3 rings (SSSR count). The van der Waals surface area contributed by atoms with Gasteiger partial charge in [-0.2, -0.15) is 0 Å². The average molecular weight is 426 g/mol. The van der Waals surface area contributed by atoms with Gasteiger partial charge in [-0.1, -0.05) is 36.8 Å². The Bertz CT molecular complexity index is 881. The first kappa shape index (κ1) is 20.6. The van der Waals surface area contributed by atoms with E-state index in [1.807, 2.05) is 6.92 Å². The SMILES string of the molecule is CCOC(=O)c1sc(N2CC(NC(=O)c3nc(Cl)c(CC)[nH]3)C2CC)nc1C. The van der Waals surface area contributed by atoms with Gasteiger partial charge in [-0.25, -0.2) is 14.8 Å². The molecule has 0 spiro atoms. The highest BCUT2D eigenvalue weighted by Crippen LogP contribution is 2.34. The molecule has 2 N–H and O–H groups in total. The Balaban J connectivity index is 1.67. The van der Waals surface area contributed by atoms with Gasteiger partial charge in [0.15, 0.2) is 16.1 Å². The lowest BCUT2D eigenvalue weighted by Gasteiger charge is -2.47. The van der Waals surface area contributed by atoms with Gasteiger partial charge in [0.05, 0.1) is 30.1 Å². The second-order valence-corrected chi connectivity index (χ2v) is 7.88. The van der Waals surface area contributed by atoms with Gasteiger partial charge in [-0.3, -0.25) is 4.79 Å². The number of aromatic amines is 1. The third kappa shape index (κ3) is 3.86. The topological polar surface area (TPSA) is 100 Å². The number of thiazole rings is 1. The molecule has 152 valence electrons. The van der Waals surface area contributed by atoms with E-state index in [1.54, 1.807) is 13.8 Å². The number of imidazole rings is 1. The summed E-state index contributed by atoms with van der Waals surface area (Å²) in [4.78, 5) is 38.7. The van der Waals surface area contributed by atoms with Crippen LogP contribution in [-0.2, 0) is 11.2 Å². The Labute approximate surface area is 172 Å². The number of H-pyrrole nitrogens is 1. The van der Waals surface area contributed by atoms with Crippen LogP contribution in [0, 0.1) is 6.92 Å². The van der Waals surface area contributed by atoms with Crippen molar-refractivity contribution >= 4 is 39.9 Å². The second-order valence-electron chi connectivity index (χ2n) is 6.55. The fraction of sp³-hybridized carbons (Fsp3) is 0.556. The molecule has 1 aliphatic heterocycles. The molecule has 0 aromatic carbocycles. The van der Waals surface area contributed by atoms with Gasteiger partial charge in [0.1, 0.15) is 4.88 Å². The Morgan fingerprint density at radius 3 is 2.71 bits per heavy atom. The Kier molecular flexibility index (Phi) is 6.24. The number of ether oxygens (including phenoxy) is 1. The number of amides is 1. The normalized spacial score (nSPS) is 18.7. The number of aryl methyl sites for hydroxylation is 2. The summed E-state index contributed by atoms with van der Waals surface area (Å²) in [5.74, 6) is -0.388. The van der Waals surface area contributed by atoms with E-state index in [0.29, 0.717) is 35.3 Å². The highest BCUT2D eigenvalue weighted by molar-refractivity contribution is 7.17. The summed E-state index contributed by atoms with van der Waals surface area (Å²) in [6.07, 6.45) is 1.51. The largest absolute Gasteiger partial charge is 0.462 e. The Hall–Kier alpha value is -2.13. The molecule has 0 radical (unpaired) electrons. The molecule has 1 saturated heterocycles. The molecule has 10 heteroatoms. The number of hydrogen-bond acceptors (Lipinski definition) is 7. The van der Waals surface area contributed by atoms with E-state index >= 15 is 0 Å². The van der Waals surface area contributed by atoms with Crippen molar-refractivity contribution in [2.45, 2.75) is 52.6 Å². The van der Waals surface area contributed by atoms with Gasteiger partial charge in [0, 0.05) is 6.54 Å². The molecule has 0 bridgehead atoms. The number of carbonyl (C=O) groups is 2. The molecule has 2 atom stereocenters. The van der Waals surface area contributed by atoms with Crippen LogP contribution in [0.15, 0.2) is 0 Å². The van der Waals surface area contributed by atoms with E-state index in [1.165, 1.54) is 11.3 Å². The standard InChI is InChI=1S/C18H24ClN5O3S/c1-5-10-14(19)23-15(21-10)16(25)22-11-8-24(12(11)6-2)18-20-9(4)13(28-18)17(26)27-7-3/h11-12H,5-8H2,1-4H3,(H,21,23)(H,22,25). The summed E-state index contributed by atoms with van der Waals surface area (Å²) >= 11 is 7.35. The van der Waals surface area contributed by atoms with Crippen molar-refractivity contribution in [1.82, 2.24) is 20.3 Å². The van der Waals surface area contributed by atoms with E-state index in [4.69, 9.17) is 16.3 Å².